The number of halogens is 3. The Labute approximate surface area is 92.8 Å². The highest BCUT2D eigenvalue weighted by atomic mass is 19.4. The first-order valence-corrected chi connectivity index (χ1v) is 5.00. The molecule has 4 heteroatoms. The van der Waals surface area contributed by atoms with E-state index in [-0.39, 0.29) is 5.56 Å². The molecule has 0 radical (unpaired) electrons. The lowest BCUT2D eigenvalue weighted by molar-refractivity contribution is -0.138. The van der Waals surface area contributed by atoms with E-state index in [4.69, 9.17) is 5.73 Å². The Hall–Kier alpha value is -1.29. The van der Waals surface area contributed by atoms with Crippen molar-refractivity contribution in [2.45, 2.75) is 19.5 Å². The van der Waals surface area contributed by atoms with Crippen LogP contribution in [0.5, 0.6) is 0 Å². The van der Waals surface area contributed by atoms with Gasteiger partial charge < -0.3 is 5.73 Å². The van der Waals surface area contributed by atoms with Crippen LogP contribution in [0.3, 0.4) is 0 Å². The third kappa shape index (κ3) is 3.10. The van der Waals surface area contributed by atoms with Gasteiger partial charge in [0.2, 0.25) is 0 Å². The van der Waals surface area contributed by atoms with Gasteiger partial charge in [0.1, 0.15) is 0 Å². The minimum atomic E-state index is -4.29. The van der Waals surface area contributed by atoms with Crippen molar-refractivity contribution in [2.75, 3.05) is 6.54 Å². The van der Waals surface area contributed by atoms with Gasteiger partial charge >= 0.3 is 6.18 Å². The highest BCUT2D eigenvalue weighted by molar-refractivity contribution is 5.56. The van der Waals surface area contributed by atoms with E-state index in [1.165, 1.54) is 13.0 Å². The number of nitrogens with two attached hydrogens (primary N) is 1. The van der Waals surface area contributed by atoms with Crippen molar-refractivity contribution in [2.24, 2.45) is 5.73 Å². The third-order valence-electron chi connectivity index (χ3n) is 2.31. The van der Waals surface area contributed by atoms with Crippen molar-refractivity contribution in [3.63, 3.8) is 0 Å². The molecule has 0 unspecified atom stereocenters. The van der Waals surface area contributed by atoms with Crippen LogP contribution in [-0.4, -0.2) is 6.54 Å². The maximum atomic E-state index is 12.6. The minimum absolute atomic E-state index is 0.253. The Kier molecular flexibility index (Phi) is 4.12. The van der Waals surface area contributed by atoms with Gasteiger partial charge in [0.15, 0.2) is 0 Å². The first-order chi connectivity index (χ1) is 7.46. The quantitative estimate of drug-likeness (QED) is 0.844. The van der Waals surface area contributed by atoms with Crippen LogP contribution in [0.15, 0.2) is 24.3 Å². The molecule has 0 saturated heterocycles. The van der Waals surface area contributed by atoms with Gasteiger partial charge in [0.25, 0.3) is 0 Å². The second kappa shape index (κ2) is 5.16. The zero-order valence-corrected chi connectivity index (χ0v) is 9.01. The molecule has 0 saturated carbocycles. The molecule has 88 valence electrons. The molecule has 0 spiro atoms. The summed E-state index contributed by atoms with van der Waals surface area (Å²) in [6, 6.07) is 4.17. The molecule has 0 atom stereocenters. The van der Waals surface area contributed by atoms with E-state index in [0.29, 0.717) is 18.5 Å². The number of benzene rings is 1. The zero-order valence-electron chi connectivity index (χ0n) is 9.01. The van der Waals surface area contributed by atoms with Crippen LogP contribution in [0.4, 0.5) is 13.2 Å². The summed E-state index contributed by atoms with van der Waals surface area (Å²) in [4.78, 5) is 0. The molecule has 0 aromatic heterocycles. The lowest BCUT2D eigenvalue weighted by Gasteiger charge is -2.11. The lowest BCUT2D eigenvalue weighted by atomic mass is 10.0. The molecule has 1 aromatic carbocycles. The van der Waals surface area contributed by atoms with Crippen LogP contribution in [0.25, 0.3) is 6.08 Å². The minimum Gasteiger partial charge on any atom is -0.330 e. The summed E-state index contributed by atoms with van der Waals surface area (Å²) in [7, 11) is 0. The fourth-order valence-electron chi connectivity index (χ4n) is 1.45. The van der Waals surface area contributed by atoms with E-state index in [1.807, 2.05) is 0 Å². The van der Waals surface area contributed by atoms with E-state index >= 15 is 0 Å². The van der Waals surface area contributed by atoms with Crippen LogP contribution in [0.1, 0.15) is 23.1 Å². The van der Waals surface area contributed by atoms with Crippen molar-refractivity contribution in [1.82, 2.24) is 0 Å². The average molecular weight is 229 g/mol. The first kappa shape index (κ1) is 12.8. The molecule has 0 amide bonds. The van der Waals surface area contributed by atoms with Crippen molar-refractivity contribution >= 4 is 6.08 Å². The maximum Gasteiger partial charge on any atom is 0.416 e. The van der Waals surface area contributed by atoms with E-state index in [1.54, 1.807) is 18.2 Å². The molecule has 0 heterocycles. The SMILES string of the molecule is Cc1c(C=CCCN)cccc1C(F)(F)F. The van der Waals surface area contributed by atoms with Crippen molar-refractivity contribution in [3.05, 3.63) is 41.0 Å². The summed E-state index contributed by atoms with van der Waals surface area (Å²) < 4.78 is 37.7. The fourth-order valence-corrected chi connectivity index (χ4v) is 1.45. The Morgan fingerprint density at radius 2 is 2.00 bits per heavy atom. The van der Waals surface area contributed by atoms with Gasteiger partial charge in [-0.2, -0.15) is 13.2 Å². The van der Waals surface area contributed by atoms with Crippen LogP contribution < -0.4 is 5.73 Å². The van der Waals surface area contributed by atoms with Gasteiger partial charge in [0, 0.05) is 0 Å². The highest BCUT2D eigenvalue weighted by Gasteiger charge is 2.32. The lowest BCUT2D eigenvalue weighted by Crippen LogP contribution is -2.08. The maximum absolute atomic E-state index is 12.6. The smallest absolute Gasteiger partial charge is 0.330 e. The van der Waals surface area contributed by atoms with Crippen LogP contribution >= 0.6 is 0 Å². The molecule has 2 N–H and O–H groups in total. The Morgan fingerprint density at radius 1 is 1.31 bits per heavy atom. The molecule has 0 bridgehead atoms. The monoisotopic (exact) mass is 229 g/mol. The molecule has 0 aliphatic carbocycles. The number of hydrogen-bond acceptors (Lipinski definition) is 1. The van der Waals surface area contributed by atoms with Crippen molar-refractivity contribution < 1.29 is 13.2 Å². The Balaban J connectivity index is 3.05. The second-order valence-corrected chi connectivity index (χ2v) is 3.50. The molecule has 1 nitrogen and oxygen atoms in total. The Morgan fingerprint density at radius 3 is 2.56 bits per heavy atom. The molecular weight excluding hydrogens is 215 g/mol. The van der Waals surface area contributed by atoms with Gasteiger partial charge in [-0.05, 0) is 37.1 Å². The van der Waals surface area contributed by atoms with Gasteiger partial charge in [-0.3, -0.25) is 0 Å². The van der Waals surface area contributed by atoms with Crippen molar-refractivity contribution in [1.29, 1.82) is 0 Å². The van der Waals surface area contributed by atoms with Gasteiger partial charge in [-0.1, -0.05) is 24.3 Å². The van der Waals surface area contributed by atoms with E-state index < -0.39 is 11.7 Å². The molecule has 0 aliphatic heterocycles. The summed E-state index contributed by atoms with van der Waals surface area (Å²) in [6.45, 7) is 1.97. The molecule has 0 aliphatic rings. The second-order valence-electron chi connectivity index (χ2n) is 3.50. The highest BCUT2D eigenvalue weighted by Crippen LogP contribution is 2.33. The average Bonchev–Trinajstić information content (AvgIpc) is 2.19. The third-order valence-corrected chi connectivity index (χ3v) is 2.31. The van der Waals surface area contributed by atoms with Crippen LogP contribution in [-0.2, 0) is 6.18 Å². The van der Waals surface area contributed by atoms with Crippen molar-refractivity contribution in [3.8, 4) is 0 Å². The summed E-state index contributed by atoms with van der Waals surface area (Å²) in [5, 5.41) is 0. The van der Waals surface area contributed by atoms with E-state index in [2.05, 4.69) is 0 Å². The summed E-state index contributed by atoms with van der Waals surface area (Å²) in [5.74, 6) is 0. The van der Waals surface area contributed by atoms with Gasteiger partial charge in [-0.15, -0.1) is 0 Å². The fraction of sp³-hybridized carbons (Fsp3) is 0.333. The largest absolute Gasteiger partial charge is 0.416 e. The number of hydrogen-bond donors (Lipinski definition) is 1. The molecule has 16 heavy (non-hydrogen) atoms. The van der Waals surface area contributed by atoms with E-state index in [0.717, 1.165) is 6.07 Å². The Bertz CT molecular complexity index is 380. The molecular formula is C12H14F3N. The molecule has 1 aromatic rings. The van der Waals surface area contributed by atoms with Crippen LogP contribution in [0.2, 0.25) is 0 Å². The first-order valence-electron chi connectivity index (χ1n) is 5.00. The topological polar surface area (TPSA) is 26.0 Å². The normalized spacial score (nSPS) is 12.3. The number of rotatable bonds is 3. The van der Waals surface area contributed by atoms with Crippen LogP contribution in [0, 0.1) is 6.92 Å². The summed E-state index contributed by atoms with van der Waals surface area (Å²) >= 11 is 0. The van der Waals surface area contributed by atoms with Gasteiger partial charge in [0.05, 0.1) is 5.56 Å². The standard InChI is InChI=1S/C12H14F3N/c1-9-10(5-2-3-8-16)6-4-7-11(9)12(13,14)15/h2,4-7H,3,8,16H2,1H3. The van der Waals surface area contributed by atoms with Gasteiger partial charge in [-0.25, -0.2) is 0 Å². The number of alkyl halides is 3. The summed E-state index contributed by atoms with van der Waals surface area (Å²) in [5.41, 5.74) is 5.56. The molecule has 0 fully saturated rings. The zero-order chi connectivity index (χ0) is 12.2. The summed E-state index contributed by atoms with van der Waals surface area (Å²) in [6.07, 6.45) is -0.169. The molecule has 1 rings (SSSR count). The predicted molar refractivity (Wildman–Crippen MR) is 58.9 cm³/mol. The van der Waals surface area contributed by atoms with E-state index in [9.17, 15) is 13.2 Å². The predicted octanol–water partition coefficient (Wildman–Crippen LogP) is 3.38.